The lowest BCUT2D eigenvalue weighted by Gasteiger charge is -2.08. The predicted molar refractivity (Wildman–Crippen MR) is 92.5 cm³/mol. The molecule has 0 aliphatic carbocycles. The molecule has 2 aromatic rings. The van der Waals surface area contributed by atoms with Gasteiger partial charge < -0.3 is 15.2 Å². The third kappa shape index (κ3) is 4.65. The van der Waals surface area contributed by atoms with E-state index in [2.05, 4.69) is 15.8 Å². The molecule has 8 nitrogen and oxygen atoms in total. The van der Waals surface area contributed by atoms with E-state index in [1.165, 1.54) is 12.3 Å². The summed E-state index contributed by atoms with van der Waals surface area (Å²) in [5.41, 5.74) is 3.23. The van der Waals surface area contributed by atoms with Gasteiger partial charge in [-0.3, -0.25) is 15.5 Å². The third-order valence-corrected chi connectivity index (χ3v) is 3.10. The van der Waals surface area contributed by atoms with Gasteiger partial charge in [0.15, 0.2) is 5.11 Å². The molecule has 2 aromatic carbocycles. The van der Waals surface area contributed by atoms with Gasteiger partial charge in [0.2, 0.25) is 0 Å². The van der Waals surface area contributed by atoms with E-state index in [0.29, 0.717) is 5.56 Å². The number of nitrogens with zero attached hydrogens (tertiary/aromatic N) is 2. The fourth-order valence-electron chi connectivity index (χ4n) is 1.76. The zero-order chi connectivity index (χ0) is 17.5. The Labute approximate surface area is 142 Å². The molecule has 0 aromatic heterocycles. The Hall–Kier alpha value is -3.20. The number of hydrogen-bond acceptors (Lipinski definition) is 6. The van der Waals surface area contributed by atoms with Gasteiger partial charge in [-0.05, 0) is 42.2 Å². The van der Waals surface area contributed by atoms with E-state index in [1.54, 1.807) is 31.4 Å². The molecule has 0 saturated carbocycles. The number of thiocarbonyl (C=S) groups is 1. The summed E-state index contributed by atoms with van der Waals surface area (Å²) in [4.78, 5) is 9.98. The van der Waals surface area contributed by atoms with Crippen molar-refractivity contribution >= 4 is 34.9 Å². The molecule has 0 heterocycles. The van der Waals surface area contributed by atoms with Crippen molar-refractivity contribution in [2.24, 2.45) is 5.10 Å². The maximum absolute atomic E-state index is 11.3. The Kier molecular flexibility index (Phi) is 5.63. The SMILES string of the molecule is COc1ccc(NC(=S)N/N=C\c2ccc([O-])c([N+](=O)[O-])c2)cc1. The van der Waals surface area contributed by atoms with E-state index in [1.807, 2.05) is 0 Å². The lowest BCUT2D eigenvalue weighted by atomic mass is 10.2. The summed E-state index contributed by atoms with van der Waals surface area (Å²) in [5, 5.41) is 29.0. The van der Waals surface area contributed by atoms with E-state index < -0.39 is 16.4 Å². The Morgan fingerprint density at radius 3 is 2.62 bits per heavy atom. The van der Waals surface area contributed by atoms with Gasteiger partial charge in [-0.1, -0.05) is 12.1 Å². The number of methoxy groups -OCH3 is 1. The summed E-state index contributed by atoms with van der Waals surface area (Å²) in [5.74, 6) is 0.0719. The zero-order valence-electron chi connectivity index (χ0n) is 12.6. The highest BCUT2D eigenvalue weighted by molar-refractivity contribution is 7.80. The quantitative estimate of drug-likeness (QED) is 0.369. The highest BCUT2D eigenvalue weighted by Crippen LogP contribution is 2.22. The lowest BCUT2D eigenvalue weighted by molar-refractivity contribution is -0.398. The van der Waals surface area contributed by atoms with Crippen LogP contribution in [0.15, 0.2) is 47.6 Å². The normalized spacial score (nSPS) is 10.4. The minimum absolute atomic E-state index is 0.242. The molecule has 9 heteroatoms. The topological polar surface area (TPSA) is 112 Å². The Morgan fingerprint density at radius 2 is 2.00 bits per heavy atom. The summed E-state index contributed by atoms with van der Waals surface area (Å²) in [6.07, 6.45) is 1.33. The third-order valence-electron chi connectivity index (χ3n) is 2.91. The molecule has 0 amide bonds. The maximum atomic E-state index is 11.3. The molecule has 2 rings (SSSR count). The molecule has 0 fully saturated rings. The van der Waals surface area contributed by atoms with Crippen LogP contribution in [0.1, 0.15) is 5.56 Å². The van der Waals surface area contributed by atoms with Gasteiger partial charge in [-0.2, -0.15) is 5.10 Å². The minimum Gasteiger partial charge on any atom is -0.868 e. The number of nitro benzene ring substituents is 1. The van der Waals surface area contributed by atoms with Crippen LogP contribution in [0.4, 0.5) is 11.4 Å². The second-order valence-electron chi connectivity index (χ2n) is 4.54. The van der Waals surface area contributed by atoms with Crippen molar-refractivity contribution in [3.8, 4) is 11.5 Å². The number of hydrogen-bond donors (Lipinski definition) is 2. The van der Waals surface area contributed by atoms with Crippen LogP contribution >= 0.6 is 12.2 Å². The average Bonchev–Trinajstić information content (AvgIpc) is 2.57. The number of benzene rings is 2. The number of nitro groups is 1. The number of nitrogens with one attached hydrogen (secondary N) is 2. The molecule has 2 N–H and O–H groups in total. The monoisotopic (exact) mass is 345 g/mol. The average molecular weight is 345 g/mol. The van der Waals surface area contributed by atoms with Crippen molar-refractivity contribution < 1.29 is 14.8 Å². The standard InChI is InChI=1S/C15H14N4O4S/c1-23-12-5-3-11(4-6-12)17-15(24)18-16-9-10-2-7-14(20)13(8-10)19(21)22/h2-9,20H,1H3,(H2,17,18,24)/p-1/b16-9-. The summed E-state index contributed by atoms with van der Waals surface area (Å²) in [7, 11) is 1.58. The first-order valence-electron chi connectivity index (χ1n) is 6.69. The number of anilines is 1. The zero-order valence-corrected chi connectivity index (χ0v) is 13.4. The number of ether oxygens (including phenoxy) is 1. The van der Waals surface area contributed by atoms with Crippen LogP contribution in [-0.2, 0) is 0 Å². The second kappa shape index (κ2) is 7.88. The lowest BCUT2D eigenvalue weighted by Crippen LogP contribution is -2.23. The van der Waals surface area contributed by atoms with E-state index in [0.717, 1.165) is 23.6 Å². The Balaban J connectivity index is 1.94. The van der Waals surface area contributed by atoms with Crippen LogP contribution in [0.3, 0.4) is 0 Å². The smallest absolute Gasteiger partial charge is 0.262 e. The highest BCUT2D eigenvalue weighted by Gasteiger charge is 2.06. The summed E-state index contributed by atoms with van der Waals surface area (Å²) in [6.45, 7) is 0. The van der Waals surface area contributed by atoms with Gasteiger partial charge in [0, 0.05) is 17.3 Å². The summed E-state index contributed by atoms with van der Waals surface area (Å²) >= 11 is 5.08. The van der Waals surface area contributed by atoms with Crippen molar-refractivity contribution in [3.63, 3.8) is 0 Å². The largest absolute Gasteiger partial charge is 0.868 e. The van der Waals surface area contributed by atoms with E-state index in [-0.39, 0.29) is 5.11 Å². The molecule has 0 atom stereocenters. The highest BCUT2D eigenvalue weighted by atomic mass is 32.1. The molecule has 0 aliphatic rings. The van der Waals surface area contributed by atoms with Crippen molar-refractivity contribution in [1.82, 2.24) is 5.43 Å². The van der Waals surface area contributed by atoms with E-state index in [9.17, 15) is 15.2 Å². The molecule has 0 saturated heterocycles. The fourth-order valence-corrected chi connectivity index (χ4v) is 1.93. The first kappa shape index (κ1) is 17.2. The van der Waals surface area contributed by atoms with Gasteiger partial charge in [0.1, 0.15) is 5.75 Å². The summed E-state index contributed by atoms with van der Waals surface area (Å²) in [6, 6.07) is 10.8. The van der Waals surface area contributed by atoms with Gasteiger partial charge in [0.05, 0.1) is 18.2 Å². The first-order chi connectivity index (χ1) is 11.5. The first-order valence-corrected chi connectivity index (χ1v) is 7.10. The van der Waals surface area contributed by atoms with Crippen LogP contribution < -0.4 is 20.6 Å². The van der Waals surface area contributed by atoms with Gasteiger partial charge in [-0.25, -0.2) is 0 Å². The maximum Gasteiger partial charge on any atom is 0.262 e. The molecule has 0 aliphatic heterocycles. The molecule has 24 heavy (non-hydrogen) atoms. The van der Waals surface area contributed by atoms with Crippen LogP contribution in [0.25, 0.3) is 0 Å². The molecular formula is C15H13N4O4S-. The van der Waals surface area contributed by atoms with Crippen LogP contribution in [0.5, 0.6) is 11.5 Å². The number of rotatable bonds is 5. The molecule has 124 valence electrons. The molecule has 0 spiro atoms. The molecule has 0 bridgehead atoms. The van der Waals surface area contributed by atoms with Crippen LogP contribution in [-0.4, -0.2) is 23.4 Å². The van der Waals surface area contributed by atoms with Crippen LogP contribution in [0, 0.1) is 10.1 Å². The Morgan fingerprint density at radius 1 is 1.29 bits per heavy atom. The van der Waals surface area contributed by atoms with Crippen molar-refractivity contribution in [2.75, 3.05) is 12.4 Å². The van der Waals surface area contributed by atoms with Crippen LogP contribution in [0.2, 0.25) is 0 Å². The van der Waals surface area contributed by atoms with E-state index >= 15 is 0 Å². The molecule has 0 radical (unpaired) electrons. The molecular weight excluding hydrogens is 332 g/mol. The predicted octanol–water partition coefficient (Wildman–Crippen LogP) is 2.00. The van der Waals surface area contributed by atoms with Gasteiger partial charge in [-0.15, -0.1) is 0 Å². The summed E-state index contributed by atoms with van der Waals surface area (Å²) < 4.78 is 5.05. The van der Waals surface area contributed by atoms with Crippen molar-refractivity contribution in [3.05, 3.63) is 58.1 Å². The minimum atomic E-state index is -0.733. The van der Waals surface area contributed by atoms with Crippen molar-refractivity contribution in [2.45, 2.75) is 0 Å². The fraction of sp³-hybridized carbons (Fsp3) is 0.0667. The second-order valence-corrected chi connectivity index (χ2v) is 4.95. The van der Waals surface area contributed by atoms with E-state index in [4.69, 9.17) is 17.0 Å². The Bertz CT molecular complexity index is 778. The molecule has 0 unspecified atom stereocenters. The van der Waals surface area contributed by atoms with Gasteiger partial charge >= 0.3 is 0 Å². The number of hydrazone groups is 1. The van der Waals surface area contributed by atoms with Crippen molar-refractivity contribution in [1.29, 1.82) is 0 Å². The van der Waals surface area contributed by atoms with Gasteiger partial charge in [0.25, 0.3) is 5.69 Å².